The van der Waals surface area contributed by atoms with Crippen molar-refractivity contribution in [3.05, 3.63) is 124 Å². The zero-order valence-electron chi connectivity index (χ0n) is 22.8. The molecule has 0 amide bonds. The number of H-pyrrole nitrogens is 1. The first-order valence-corrected chi connectivity index (χ1v) is 13.6. The highest BCUT2D eigenvalue weighted by Crippen LogP contribution is 2.35. The summed E-state index contributed by atoms with van der Waals surface area (Å²) in [5, 5.41) is 3.67. The van der Waals surface area contributed by atoms with Crippen LogP contribution in [0.25, 0.3) is 10.9 Å². The molecule has 0 fully saturated rings. The molecule has 0 saturated carbocycles. The largest absolute Gasteiger partial charge is 0.496 e. The fourth-order valence-corrected chi connectivity index (χ4v) is 5.71. The molecule has 39 heavy (non-hydrogen) atoms. The second-order valence-electron chi connectivity index (χ2n) is 10.3. The molecule has 1 unspecified atom stereocenters. The molecule has 0 bridgehead atoms. The third-order valence-electron chi connectivity index (χ3n) is 7.71. The standard InChI is InChI=1S/C34H34N2O3/c1-22-8-7-9-23(2)34(22)39-21-26-18-25(12-15-31(26)37-3)32-33-28(16-17-35-32)29-19-27(13-14-30(29)36-33)38-20-24-10-5-4-6-11-24/h4-15,18-19,32,35-36H,16-17,20-21H2,1-3H3/p+1. The van der Waals surface area contributed by atoms with Gasteiger partial charge in [0.05, 0.1) is 19.3 Å². The number of aromatic nitrogens is 1. The number of nitrogens with two attached hydrogens (primary N) is 1. The number of hydrogen-bond acceptors (Lipinski definition) is 3. The molecule has 4 aromatic carbocycles. The fourth-order valence-electron chi connectivity index (χ4n) is 5.71. The summed E-state index contributed by atoms with van der Waals surface area (Å²) >= 11 is 0. The molecular formula is C34H35N2O3+. The molecule has 1 atom stereocenters. The Balaban J connectivity index is 1.28. The summed E-state index contributed by atoms with van der Waals surface area (Å²) in [6.45, 7) is 6.22. The average molecular weight is 520 g/mol. The Hall–Kier alpha value is -4.22. The van der Waals surface area contributed by atoms with Crippen LogP contribution in [-0.2, 0) is 19.6 Å². The van der Waals surface area contributed by atoms with Crippen molar-refractivity contribution in [3.8, 4) is 17.2 Å². The number of aromatic amines is 1. The van der Waals surface area contributed by atoms with Crippen LogP contribution in [0.4, 0.5) is 0 Å². The first kappa shape index (κ1) is 25.1. The van der Waals surface area contributed by atoms with Gasteiger partial charge in [-0.2, -0.15) is 0 Å². The minimum absolute atomic E-state index is 0.180. The number of rotatable bonds is 8. The normalized spacial score (nSPS) is 14.7. The number of methoxy groups -OCH3 is 1. The van der Waals surface area contributed by atoms with Crippen LogP contribution in [0.15, 0.2) is 84.9 Å². The van der Waals surface area contributed by atoms with Gasteiger partial charge in [0.15, 0.2) is 6.04 Å². The van der Waals surface area contributed by atoms with Gasteiger partial charge in [0.2, 0.25) is 0 Å². The van der Waals surface area contributed by atoms with Gasteiger partial charge < -0.3 is 24.5 Å². The van der Waals surface area contributed by atoms with E-state index in [1.54, 1.807) is 7.11 Å². The Labute approximate surface area is 229 Å². The molecule has 0 aliphatic carbocycles. The van der Waals surface area contributed by atoms with Gasteiger partial charge in [-0.1, -0.05) is 48.5 Å². The van der Waals surface area contributed by atoms with E-state index < -0.39 is 0 Å². The van der Waals surface area contributed by atoms with E-state index in [-0.39, 0.29) is 6.04 Å². The smallest absolute Gasteiger partial charge is 0.153 e. The van der Waals surface area contributed by atoms with Crippen molar-refractivity contribution >= 4 is 10.9 Å². The van der Waals surface area contributed by atoms with Gasteiger partial charge >= 0.3 is 0 Å². The predicted molar refractivity (Wildman–Crippen MR) is 155 cm³/mol. The van der Waals surface area contributed by atoms with Crippen LogP contribution in [0.1, 0.15) is 45.1 Å². The van der Waals surface area contributed by atoms with Crippen LogP contribution >= 0.6 is 0 Å². The molecule has 6 rings (SSSR count). The van der Waals surface area contributed by atoms with Gasteiger partial charge in [-0.3, -0.25) is 0 Å². The number of fused-ring (bicyclic) bond motifs is 3. The van der Waals surface area contributed by atoms with E-state index in [2.05, 4.69) is 90.9 Å². The summed E-state index contributed by atoms with van der Waals surface area (Å²) in [6, 6.07) is 29.6. The van der Waals surface area contributed by atoms with Crippen molar-refractivity contribution in [3.63, 3.8) is 0 Å². The van der Waals surface area contributed by atoms with Gasteiger partial charge in [0.25, 0.3) is 0 Å². The Morgan fingerprint density at radius 2 is 1.67 bits per heavy atom. The summed E-state index contributed by atoms with van der Waals surface area (Å²) in [5.74, 6) is 2.69. The zero-order valence-corrected chi connectivity index (χ0v) is 22.8. The van der Waals surface area contributed by atoms with E-state index in [4.69, 9.17) is 14.2 Å². The van der Waals surface area contributed by atoms with Gasteiger partial charge in [-0.05, 0) is 72.5 Å². The van der Waals surface area contributed by atoms with Crippen LogP contribution in [0, 0.1) is 13.8 Å². The number of quaternary nitrogens is 1. The maximum atomic E-state index is 6.31. The SMILES string of the molecule is COc1ccc(C2[NH2+]CCc3c2[nH]c2ccc(OCc4ccccc4)cc32)cc1COc1c(C)cccc1C. The molecule has 0 spiro atoms. The van der Waals surface area contributed by atoms with Crippen LogP contribution < -0.4 is 19.5 Å². The summed E-state index contributed by atoms with van der Waals surface area (Å²) in [5.41, 5.74) is 9.53. The zero-order chi connectivity index (χ0) is 26.8. The Morgan fingerprint density at radius 1 is 0.846 bits per heavy atom. The Morgan fingerprint density at radius 3 is 2.46 bits per heavy atom. The Kier molecular flexibility index (Phi) is 6.99. The topological polar surface area (TPSA) is 60.1 Å². The predicted octanol–water partition coefficient (Wildman–Crippen LogP) is 6.16. The van der Waals surface area contributed by atoms with E-state index in [1.165, 1.54) is 27.8 Å². The van der Waals surface area contributed by atoms with Gasteiger partial charge in [-0.15, -0.1) is 0 Å². The number of nitrogens with one attached hydrogen (secondary N) is 1. The maximum absolute atomic E-state index is 6.31. The van der Waals surface area contributed by atoms with Crippen molar-refractivity contribution in [1.82, 2.24) is 4.98 Å². The molecule has 0 radical (unpaired) electrons. The van der Waals surface area contributed by atoms with Crippen LogP contribution in [0.3, 0.4) is 0 Å². The third kappa shape index (κ3) is 5.10. The quantitative estimate of drug-likeness (QED) is 0.258. The number of ether oxygens (including phenoxy) is 3. The lowest BCUT2D eigenvalue weighted by Gasteiger charge is -2.23. The van der Waals surface area contributed by atoms with Gasteiger partial charge in [0.1, 0.15) is 30.5 Å². The van der Waals surface area contributed by atoms with Crippen LogP contribution in [-0.4, -0.2) is 18.6 Å². The molecule has 5 nitrogen and oxygen atoms in total. The lowest BCUT2D eigenvalue weighted by atomic mass is 9.93. The molecule has 5 aromatic rings. The lowest BCUT2D eigenvalue weighted by Crippen LogP contribution is -2.87. The molecule has 1 aliphatic rings. The highest BCUT2D eigenvalue weighted by molar-refractivity contribution is 5.86. The second kappa shape index (κ2) is 10.9. The third-order valence-corrected chi connectivity index (χ3v) is 7.71. The van der Waals surface area contributed by atoms with Gasteiger partial charge in [0, 0.05) is 28.5 Å². The van der Waals surface area contributed by atoms with E-state index >= 15 is 0 Å². The number of para-hydroxylation sites is 1. The minimum atomic E-state index is 0.180. The average Bonchev–Trinajstić information content (AvgIpc) is 3.34. The summed E-state index contributed by atoms with van der Waals surface area (Å²) in [7, 11) is 1.72. The molecule has 0 saturated heterocycles. The summed E-state index contributed by atoms with van der Waals surface area (Å²) < 4.78 is 18.2. The second-order valence-corrected chi connectivity index (χ2v) is 10.3. The monoisotopic (exact) mass is 519 g/mol. The van der Waals surface area contributed by atoms with Crippen molar-refractivity contribution in [2.24, 2.45) is 0 Å². The van der Waals surface area contributed by atoms with Crippen LogP contribution in [0.5, 0.6) is 17.2 Å². The molecule has 3 N–H and O–H groups in total. The highest BCUT2D eigenvalue weighted by Gasteiger charge is 2.29. The fraction of sp³-hybridized carbons (Fsp3) is 0.235. The Bertz CT molecular complexity index is 1590. The van der Waals surface area contributed by atoms with Gasteiger partial charge in [-0.25, -0.2) is 0 Å². The van der Waals surface area contributed by atoms with E-state index in [9.17, 15) is 0 Å². The summed E-state index contributed by atoms with van der Waals surface area (Å²) in [6.07, 6.45) is 1.02. The van der Waals surface area contributed by atoms with Crippen molar-refractivity contribution in [2.45, 2.75) is 39.5 Å². The molecule has 198 valence electrons. The molecule has 1 aliphatic heterocycles. The van der Waals surface area contributed by atoms with Crippen LogP contribution in [0.2, 0.25) is 0 Å². The first-order valence-electron chi connectivity index (χ1n) is 13.6. The van der Waals surface area contributed by atoms with Crippen molar-refractivity contribution in [1.29, 1.82) is 0 Å². The maximum Gasteiger partial charge on any atom is 0.153 e. The highest BCUT2D eigenvalue weighted by atomic mass is 16.5. The molecule has 5 heteroatoms. The number of hydrogen-bond donors (Lipinski definition) is 2. The first-order chi connectivity index (χ1) is 19.1. The van der Waals surface area contributed by atoms with Crippen molar-refractivity contribution in [2.75, 3.05) is 13.7 Å². The van der Waals surface area contributed by atoms with Crippen molar-refractivity contribution < 1.29 is 19.5 Å². The van der Waals surface area contributed by atoms with E-state index in [0.717, 1.165) is 52.4 Å². The number of benzene rings is 4. The minimum Gasteiger partial charge on any atom is -0.496 e. The summed E-state index contributed by atoms with van der Waals surface area (Å²) in [4.78, 5) is 3.74. The molecular weight excluding hydrogens is 484 g/mol. The lowest BCUT2D eigenvalue weighted by molar-refractivity contribution is -0.690. The van der Waals surface area contributed by atoms with E-state index in [1.807, 2.05) is 18.2 Å². The van der Waals surface area contributed by atoms with E-state index in [0.29, 0.717) is 13.2 Å². The number of aryl methyl sites for hydroxylation is 2. The molecule has 2 heterocycles. The molecule has 1 aromatic heterocycles.